The summed E-state index contributed by atoms with van der Waals surface area (Å²) < 4.78 is 1.98. The van der Waals surface area contributed by atoms with Gasteiger partial charge < -0.3 is 4.85 Å². The van der Waals surface area contributed by atoms with Crippen LogP contribution >= 0.6 is 0 Å². The van der Waals surface area contributed by atoms with Gasteiger partial charge in [-0.3, -0.25) is 0 Å². The third-order valence-electron chi connectivity index (χ3n) is 4.09. The van der Waals surface area contributed by atoms with Crippen LogP contribution in [0.1, 0.15) is 42.3 Å². The van der Waals surface area contributed by atoms with E-state index in [9.17, 15) is 0 Å². The van der Waals surface area contributed by atoms with Crippen molar-refractivity contribution in [1.82, 2.24) is 14.6 Å². The van der Waals surface area contributed by atoms with Crippen molar-refractivity contribution >= 4 is 5.65 Å². The molecule has 2 aromatic rings. The number of hydrogen-bond donors (Lipinski definition) is 0. The van der Waals surface area contributed by atoms with Gasteiger partial charge in [0.05, 0.1) is 17.0 Å². The van der Waals surface area contributed by atoms with Crippen LogP contribution in [0.15, 0.2) is 12.3 Å². The van der Waals surface area contributed by atoms with Gasteiger partial charge in [0.15, 0.2) is 5.65 Å². The third-order valence-corrected chi connectivity index (χ3v) is 4.09. The average Bonchev–Trinajstić information content (AvgIpc) is 2.86. The van der Waals surface area contributed by atoms with Crippen molar-refractivity contribution in [3.8, 4) is 0 Å². The molecule has 0 saturated heterocycles. The fourth-order valence-corrected chi connectivity index (χ4v) is 3.12. The van der Waals surface area contributed by atoms with Gasteiger partial charge in [-0.2, -0.15) is 5.10 Å². The second kappa shape index (κ2) is 2.67. The molecule has 1 saturated carbocycles. The van der Waals surface area contributed by atoms with Crippen LogP contribution in [0.3, 0.4) is 0 Å². The van der Waals surface area contributed by atoms with E-state index in [1.807, 2.05) is 23.7 Å². The molecule has 0 bridgehead atoms. The number of aryl methyl sites for hydroxylation is 1. The highest BCUT2D eigenvalue weighted by molar-refractivity contribution is 5.50. The minimum absolute atomic E-state index is 0.00564. The smallest absolute Gasteiger partial charge is 0.252 e. The first-order valence-electron chi connectivity index (χ1n) is 5.96. The Hall–Kier alpha value is -1.89. The maximum Gasteiger partial charge on any atom is 0.252 e. The number of aromatic nitrogens is 3. The van der Waals surface area contributed by atoms with Crippen molar-refractivity contribution in [3.63, 3.8) is 0 Å². The summed E-state index contributed by atoms with van der Waals surface area (Å²) in [5, 5.41) is 4.54. The molecule has 1 unspecified atom stereocenters. The van der Waals surface area contributed by atoms with E-state index in [1.54, 1.807) is 0 Å². The van der Waals surface area contributed by atoms with Gasteiger partial charge in [0, 0.05) is 24.1 Å². The summed E-state index contributed by atoms with van der Waals surface area (Å²) in [6, 6.07) is 2.00. The minimum atomic E-state index is -0.00564. The molecule has 4 nitrogen and oxygen atoms in total. The summed E-state index contributed by atoms with van der Waals surface area (Å²) in [5.74, 6) is 0. The first kappa shape index (κ1) is 9.17. The predicted octanol–water partition coefficient (Wildman–Crippen LogP) is 2.43. The topological polar surface area (TPSA) is 34.5 Å². The number of fused-ring (bicyclic) bond motifs is 4. The third kappa shape index (κ3) is 1.02. The monoisotopic (exact) mass is 224 g/mol. The summed E-state index contributed by atoms with van der Waals surface area (Å²) in [7, 11) is 0. The molecule has 17 heavy (non-hydrogen) atoms. The van der Waals surface area contributed by atoms with Gasteiger partial charge in [-0.05, 0) is 19.8 Å². The molecule has 2 aliphatic carbocycles. The average molecular weight is 224 g/mol. The molecule has 0 N–H and O–H groups in total. The lowest BCUT2D eigenvalue weighted by Crippen LogP contribution is -2.09. The highest BCUT2D eigenvalue weighted by atomic mass is 15.3. The van der Waals surface area contributed by atoms with E-state index in [4.69, 9.17) is 6.57 Å². The standard InChI is InChI=1S/C13H12N4/c1-8-5-11-15-7-9-10(14-2)6-13(3-4-13)12(9)17(11)16-8/h5,7,10H,3-4,6H2,1H3. The SMILES string of the molecule is [C-]#[N+]C1CC2(CC2)c2c1cnc1cc(C)nn21. The van der Waals surface area contributed by atoms with Crippen molar-refractivity contribution in [2.45, 2.75) is 37.6 Å². The van der Waals surface area contributed by atoms with Crippen LogP contribution in [0.4, 0.5) is 0 Å². The second-order valence-electron chi connectivity index (χ2n) is 5.25. The highest BCUT2D eigenvalue weighted by Crippen LogP contribution is 2.60. The van der Waals surface area contributed by atoms with E-state index in [0.29, 0.717) is 0 Å². The van der Waals surface area contributed by atoms with Gasteiger partial charge in [0.1, 0.15) is 0 Å². The van der Waals surface area contributed by atoms with Crippen LogP contribution in [0, 0.1) is 13.5 Å². The molecular formula is C13H12N4. The highest BCUT2D eigenvalue weighted by Gasteiger charge is 2.57. The Balaban J connectivity index is 2.10. The van der Waals surface area contributed by atoms with Gasteiger partial charge in [0.25, 0.3) is 6.04 Å². The van der Waals surface area contributed by atoms with Gasteiger partial charge in [-0.1, -0.05) is 0 Å². The Morgan fingerprint density at radius 2 is 2.35 bits per heavy atom. The number of nitrogens with zero attached hydrogens (tertiary/aromatic N) is 4. The molecular weight excluding hydrogens is 212 g/mol. The van der Waals surface area contributed by atoms with Gasteiger partial charge in [-0.25, -0.2) is 16.1 Å². The lowest BCUT2D eigenvalue weighted by molar-refractivity contribution is 0.614. The van der Waals surface area contributed by atoms with E-state index in [2.05, 4.69) is 14.9 Å². The maximum atomic E-state index is 7.32. The summed E-state index contributed by atoms with van der Waals surface area (Å²) >= 11 is 0. The Morgan fingerprint density at radius 3 is 3.06 bits per heavy atom. The van der Waals surface area contributed by atoms with Gasteiger partial charge >= 0.3 is 0 Å². The normalized spacial score (nSPS) is 23.9. The summed E-state index contributed by atoms with van der Waals surface area (Å²) in [6.07, 6.45) is 5.25. The van der Waals surface area contributed by atoms with Crippen molar-refractivity contribution in [1.29, 1.82) is 0 Å². The zero-order valence-corrected chi connectivity index (χ0v) is 9.64. The summed E-state index contributed by atoms with van der Waals surface area (Å²) in [6.45, 7) is 9.30. The molecule has 4 rings (SSSR count). The molecule has 0 aliphatic heterocycles. The number of rotatable bonds is 0. The Bertz CT molecular complexity index is 673. The largest absolute Gasteiger partial charge is 0.308 e. The fraction of sp³-hybridized carbons (Fsp3) is 0.462. The molecule has 1 spiro atoms. The lowest BCUT2D eigenvalue weighted by atomic mass is 10.0. The predicted molar refractivity (Wildman–Crippen MR) is 62.6 cm³/mol. The maximum absolute atomic E-state index is 7.32. The zero-order chi connectivity index (χ0) is 11.6. The van der Waals surface area contributed by atoms with Crippen molar-refractivity contribution in [2.75, 3.05) is 0 Å². The van der Waals surface area contributed by atoms with Crippen molar-refractivity contribution in [3.05, 3.63) is 40.6 Å². The molecule has 1 fully saturated rings. The molecule has 2 aromatic heterocycles. The van der Waals surface area contributed by atoms with E-state index in [1.165, 1.54) is 18.5 Å². The molecule has 84 valence electrons. The van der Waals surface area contributed by atoms with Crippen LogP contribution in [-0.4, -0.2) is 14.6 Å². The van der Waals surface area contributed by atoms with Crippen LogP contribution in [0.2, 0.25) is 0 Å². The van der Waals surface area contributed by atoms with E-state index < -0.39 is 0 Å². The minimum Gasteiger partial charge on any atom is -0.308 e. The number of hydrogen-bond acceptors (Lipinski definition) is 2. The fourth-order valence-electron chi connectivity index (χ4n) is 3.12. The zero-order valence-electron chi connectivity index (χ0n) is 9.64. The van der Waals surface area contributed by atoms with Crippen LogP contribution in [-0.2, 0) is 5.41 Å². The van der Waals surface area contributed by atoms with Crippen molar-refractivity contribution < 1.29 is 0 Å². The van der Waals surface area contributed by atoms with E-state index >= 15 is 0 Å². The molecule has 0 radical (unpaired) electrons. The first-order valence-corrected chi connectivity index (χ1v) is 5.96. The second-order valence-corrected chi connectivity index (χ2v) is 5.25. The van der Waals surface area contributed by atoms with E-state index in [0.717, 1.165) is 23.3 Å². The van der Waals surface area contributed by atoms with Crippen LogP contribution in [0.5, 0.6) is 0 Å². The van der Waals surface area contributed by atoms with Crippen molar-refractivity contribution in [2.24, 2.45) is 0 Å². The van der Waals surface area contributed by atoms with Gasteiger partial charge in [0.2, 0.25) is 0 Å². The quantitative estimate of drug-likeness (QED) is 0.644. The molecule has 0 amide bonds. The Kier molecular flexibility index (Phi) is 1.44. The van der Waals surface area contributed by atoms with Crippen LogP contribution in [0.25, 0.3) is 10.5 Å². The van der Waals surface area contributed by atoms with Crippen LogP contribution < -0.4 is 0 Å². The summed E-state index contributed by atoms with van der Waals surface area (Å²) in [5.41, 5.74) is 4.51. The molecule has 4 heteroatoms. The first-order chi connectivity index (χ1) is 8.23. The lowest BCUT2D eigenvalue weighted by Gasteiger charge is -2.07. The molecule has 2 heterocycles. The molecule has 1 atom stereocenters. The van der Waals surface area contributed by atoms with Gasteiger partial charge in [-0.15, -0.1) is 0 Å². The molecule has 2 aliphatic rings. The Labute approximate surface area is 99.1 Å². The van der Waals surface area contributed by atoms with E-state index in [-0.39, 0.29) is 11.5 Å². The molecule has 0 aromatic carbocycles. The summed E-state index contributed by atoms with van der Waals surface area (Å²) in [4.78, 5) is 8.17. The Morgan fingerprint density at radius 1 is 1.53 bits per heavy atom.